The Hall–Kier alpha value is -1.41. The number of rotatable bonds is 5. The van der Waals surface area contributed by atoms with Crippen molar-refractivity contribution in [3.63, 3.8) is 0 Å². The molecule has 0 aromatic heterocycles. The number of hydrogen-bond donors (Lipinski definition) is 1. The van der Waals surface area contributed by atoms with Crippen LogP contribution in [-0.2, 0) is 0 Å². The molecule has 0 aliphatic rings. The summed E-state index contributed by atoms with van der Waals surface area (Å²) < 4.78 is 0. The minimum Gasteiger partial charge on any atom is -0.384 e. The van der Waals surface area contributed by atoms with E-state index in [-0.39, 0.29) is 0 Å². The van der Waals surface area contributed by atoms with Crippen LogP contribution in [0, 0.1) is 13.8 Å². The number of nitrogens with one attached hydrogen (secondary N) is 1. The van der Waals surface area contributed by atoms with Crippen LogP contribution in [0.5, 0.6) is 0 Å². The zero-order chi connectivity index (χ0) is 12.8. The van der Waals surface area contributed by atoms with E-state index >= 15 is 0 Å². The molecule has 0 heterocycles. The van der Waals surface area contributed by atoms with Crippen molar-refractivity contribution >= 4 is 17.4 Å². The number of anilines is 1. The van der Waals surface area contributed by atoms with Gasteiger partial charge in [0.2, 0.25) is 0 Å². The summed E-state index contributed by atoms with van der Waals surface area (Å²) in [6.07, 6.45) is 0. The maximum atomic E-state index is 3.45. The Morgan fingerprint density at radius 1 is 0.944 bits per heavy atom. The Bertz CT molecular complexity index is 460. The van der Waals surface area contributed by atoms with Crippen LogP contribution in [0.1, 0.15) is 11.1 Å². The fourth-order valence-corrected chi connectivity index (χ4v) is 2.71. The van der Waals surface area contributed by atoms with Gasteiger partial charge in [-0.2, -0.15) is 0 Å². The predicted molar refractivity (Wildman–Crippen MR) is 81.6 cm³/mol. The molecule has 2 rings (SSSR count). The molecule has 2 aromatic carbocycles. The molecule has 18 heavy (non-hydrogen) atoms. The van der Waals surface area contributed by atoms with E-state index in [0.717, 1.165) is 12.3 Å². The van der Waals surface area contributed by atoms with E-state index in [1.54, 1.807) is 0 Å². The van der Waals surface area contributed by atoms with Gasteiger partial charge in [-0.3, -0.25) is 0 Å². The SMILES string of the molecule is Cc1cccc(NCCSc2cccc(C)c2)c1. The number of thioether (sulfide) groups is 1. The van der Waals surface area contributed by atoms with Crippen LogP contribution in [0.15, 0.2) is 53.4 Å². The second-order valence-electron chi connectivity index (χ2n) is 4.46. The summed E-state index contributed by atoms with van der Waals surface area (Å²) in [5.74, 6) is 1.08. The molecular weight excluding hydrogens is 238 g/mol. The third-order valence-electron chi connectivity index (χ3n) is 2.71. The van der Waals surface area contributed by atoms with Crippen LogP contribution in [0.3, 0.4) is 0 Å². The fraction of sp³-hybridized carbons (Fsp3) is 0.250. The van der Waals surface area contributed by atoms with Crippen LogP contribution >= 0.6 is 11.8 Å². The average Bonchev–Trinajstić information content (AvgIpc) is 2.35. The first-order valence-corrected chi connectivity index (χ1v) is 7.22. The number of hydrogen-bond acceptors (Lipinski definition) is 2. The monoisotopic (exact) mass is 257 g/mol. The van der Waals surface area contributed by atoms with Crippen molar-refractivity contribution in [1.29, 1.82) is 0 Å². The molecule has 1 nitrogen and oxygen atoms in total. The Labute approximate surface area is 114 Å². The minimum atomic E-state index is 0.988. The summed E-state index contributed by atoms with van der Waals surface area (Å²) in [6, 6.07) is 17.2. The first-order chi connectivity index (χ1) is 8.74. The lowest BCUT2D eigenvalue weighted by molar-refractivity contribution is 1.22. The highest BCUT2D eigenvalue weighted by molar-refractivity contribution is 7.99. The summed E-state index contributed by atoms with van der Waals surface area (Å²) in [4.78, 5) is 1.35. The van der Waals surface area contributed by atoms with E-state index in [1.165, 1.54) is 21.7 Å². The average molecular weight is 257 g/mol. The van der Waals surface area contributed by atoms with Crippen molar-refractivity contribution in [2.75, 3.05) is 17.6 Å². The van der Waals surface area contributed by atoms with E-state index in [0.29, 0.717) is 0 Å². The summed E-state index contributed by atoms with van der Waals surface area (Å²) in [5.41, 5.74) is 3.83. The summed E-state index contributed by atoms with van der Waals surface area (Å²) in [7, 11) is 0. The van der Waals surface area contributed by atoms with Crippen LogP contribution in [-0.4, -0.2) is 12.3 Å². The Morgan fingerprint density at radius 2 is 1.67 bits per heavy atom. The second-order valence-corrected chi connectivity index (χ2v) is 5.63. The topological polar surface area (TPSA) is 12.0 Å². The third kappa shape index (κ3) is 4.11. The van der Waals surface area contributed by atoms with Crippen molar-refractivity contribution in [1.82, 2.24) is 0 Å². The predicted octanol–water partition coefficient (Wildman–Crippen LogP) is 4.51. The molecule has 94 valence electrons. The van der Waals surface area contributed by atoms with Crippen molar-refractivity contribution in [2.24, 2.45) is 0 Å². The molecule has 0 fully saturated rings. The molecule has 2 heteroatoms. The van der Waals surface area contributed by atoms with Crippen molar-refractivity contribution in [2.45, 2.75) is 18.7 Å². The van der Waals surface area contributed by atoms with E-state index in [2.05, 4.69) is 67.7 Å². The Kier molecular flexibility index (Phi) is 4.71. The number of benzene rings is 2. The molecule has 0 saturated carbocycles. The quantitative estimate of drug-likeness (QED) is 0.625. The van der Waals surface area contributed by atoms with Gasteiger partial charge in [0.25, 0.3) is 0 Å². The Balaban J connectivity index is 1.76. The molecule has 0 aliphatic heterocycles. The standard InChI is InChI=1S/C16H19NS/c1-13-5-3-7-15(11-13)17-9-10-18-16-8-4-6-14(2)12-16/h3-8,11-12,17H,9-10H2,1-2H3. The first-order valence-electron chi connectivity index (χ1n) is 6.24. The molecule has 0 radical (unpaired) electrons. The van der Waals surface area contributed by atoms with Crippen LogP contribution < -0.4 is 5.32 Å². The summed E-state index contributed by atoms with van der Waals surface area (Å²) in [5, 5.41) is 3.45. The van der Waals surface area contributed by atoms with Crippen LogP contribution in [0.2, 0.25) is 0 Å². The minimum absolute atomic E-state index is 0.988. The molecule has 0 bridgehead atoms. The van der Waals surface area contributed by atoms with E-state index in [4.69, 9.17) is 0 Å². The van der Waals surface area contributed by atoms with Gasteiger partial charge in [-0.05, 0) is 43.7 Å². The smallest absolute Gasteiger partial charge is 0.0343 e. The van der Waals surface area contributed by atoms with E-state index in [1.807, 2.05) is 11.8 Å². The summed E-state index contributed by atoms with van der Waals surface area (Å²) >= 11 is 1.90. The van der Waals surface area contributed by atoms with Gasteiger partial charge in [-0.25, -0.2) is 0 Å². The highest BCUT2D eigenvalue weighted by atomic mass is 32.2. The van der Waals surface area contributed by atoms with Crippen LogP contribution in [0.4, 0.5) is 5.69 Å². The van der Waals surface area contributed by atoms with Gasteiger partial charge >= 0.3 is 0 Å². The molecule has 1 N–H and O–H groups in total. The maximum absolute atomic E-state index is 3.45. The lowest BCUT2D eigenvalue weighted by Crippen LogP contribution is -2.03. The highest BCUT2D eigenvalue weighted by Crippen LogP contribution is 2.18. The van der Waals surface area contributed by atoms with Gasteiger partial charge in [-0.1, -0.05) is 29.8 Å². The Morgan fingerprint density at radius 3 is 2.39 bits per heavy atom. The molecule has 0 spiro atoms. The first kappa shape index (κ1) is 13.0. The molecule has 0 unspecified atom stereocenters. The molecular formula is C16H19NS. The van der Waals surface area contributed by atoms with Gasteiger partial charge in [0.05, 0.1) is 0 Å². The van der Waals surface area contributed by atoms with Gasteiger partial charge < -0.3 is 5.32 Å². The number of aryl methyl sites for hydroxylation is 2. The van der Waals surface area contributed by atoms with Gasteiger partial charge in [0, 0.05) is 22.9 Å². The van der Waals surface area contributed by atoms with Gasteiger partial charge in [-0.15, -0.1) is 11.8 Å². The van der Waals surface area contributed by atoms with Gasteiger partial charge in [0.1, 0.15) is 0 Å². The van der Waals surface area contributed by atoms with Crippen molar-refractivity contribution < 1.29 is 0 Å². The molecule has 0 aliphatic carbocycles. The zero-order valence-electron chi connectivity index (χ0n) is 10.9. The lowest BCUT2D eigenvalue weighted by Gasteiger charge is -2.07. The molecule has 0 atom stereocenters. The van der Waals surface area contributed by atoms with Crippen molar-refractivity contribution in [3.05, 3.63) is 59.7 Å². The van der Waals surface area contributed by atoms with Crippen LogP contribution in [0.25, 0.3) is 0 Å². The summed E-state index contributed by atoms with van der Waals surface area (Å²) in [6.45, 7) is 5.24. The molecule has 0 amide bonds. The van der Waals surface area contributed by atoms with Crippen molar-refractivity contribution in [3.8, 4) is 0 Å². The maximum Gasteiger partial charge on any atom is 0.0343 e. The highest BCUT2D eigenvalue weighted by Gasteiger charge is 1.95. The third-order valence-corrected chi connectivity index (χ3v) is 3.70. The normalized spacial score (nSPS) is 10.3. The molecule has 0 saturated heterocycles. The van der Waals surface area contributed by atoms with E-state index < -0.39 is 0 Å². The second kappa shape index (κ2) is 6.50. The molecule has 2 aromatic rings. The lowest BCUT2D eigenvalue weighted by atomic mass is 10.2. The van der Waals surface area contributed by atoms with E-state index in [9.17, 15) is 0 Å². The largest absolute Gasteiger partial charge is 0.384 e. The zero-order valence-corrected chi connectivity index (χ0v) is 11.8. The van der Waals surface area contributed by atoms with Gasteiger partial charge in [0.15, 0.2) is 0 Å². The fourth-order valence-electron chi connectivity index (χ4n) is 1.82.